The molecule has 0 aliphatic heterocycles. The number of carbonyl (C=O) groups excluding carboxylic acids is 1. The molecule has 4 aromatic rings. The first kappa shape index (κ1) is 18.7. The Hall–Kier alpha value is -3.67. The van der Waals surface area contributed by atoms with E-state index >= 15 is 0 Å². The molecule has 0 saturated heterocycles. The standard InChI is InChI=1S/C23H23N5O/c1-17-12-18(2)28(26-17)16-19-6-3-8-21(13-19)23(29)25-22-9-4-7-20(14-22)15-27-11-5-10-24-27/h3-14H,15-16H2,1-2H3,(H,25,29). The SMILES string of the molecule is Cc1cc(C)n(Cc2cccc(C(=O)Nc3cccc(Cn4cccn4)c3)c2)n1. The van der Waals surface area contributed by atoms with Crippen LogP contribution in [0.2, 0.25) is 0 Å². The number of aryl methyl sites for hydroxylation is 2. The van der Waals surface area contributed by atoms with Gasteiger partial charge in [-0.15, -0.1) is 0 Å². The first-order valence-corrected chi connectivity index (χ1v) is 9.54. The van der Waals surface area contributed by atoms with Crippen molar-refractivity contribution in [3.63, 3.8) is 0 Å². The van der Waals surface area contributed by atoms with Crippen molar-refractivity contribution in [3.05, 3.63) is 101 Å². The van der Waals surface area contributed by atoms with Gasteiger partial charge in [0.15, 0.2) is 0 Å². The second-order valence-corrected chi connectivity index (χ2v) is 7.14. The molecule has 0 spiro atoms. The van der Waals surface area contributed by atoms with Crippen LogP contribution < -0.4 is 5.32 Å². The smallest absolute Gasteiger partial charge is 0.255 e. The quantitative estimate of drug-likeness (QED) is 0.545. The molecule has 29 heavy (non-hydrogen) atoms. The van der Waals surface area contributed by atoms with Crippen molar-refractivity contribution in [2.24, 2.45) is 0 Å². The molecule has 0 aliphatic rings. The third-order valence-electron chi connectivity index (χ3n) is 4.71. The molecule has 1 N–H and O–H groups in total. The molecule has 0 aliphatic carbocycles. The molecule has 0 saturated carbocycles. The van der Waals surface area contributed by atoms with Gasteiger partial charge < -0.3 is 5.32 Å². The van der Waals surface area contributed by atoms with Crippen molar-refractivity contribution < 1.29 is 4.79 Å². The molecule has 2 heterocycles. The topological polar surface area (TPSA) is 64.7 Å². The van der Waals surface area contributed by atoms with E-state index in [0.717, 1.165) is 28.2 Å². The van der Waals surface area contributed by atoms with Gasteiger partial charge in [0.2, 0.25) is 0 Å². The average Bonchev–Trinajstić information content (AvgIpc) is 3.31. The average molecular weight is 385 g/mol. The summed E-state index contributed by atoms with van der Waals surface area (Å²) in [6.07, 6.45) is 3.67. The summed E-state index contributed by atoms with van der Waals surface area (Å²) in [5.41, 5.74) is 5.60. The largest absolute Gasteiger partial charge is 0.322 e. The molecule has 0 bridgehead atoms. The Bertz CT molecular complexity index is 1130. The summed E-state index contributed by atoms with van der Waals surface area (Å²) >= 11 is 0. The van der Waals surface area contributed by atoms with Crippen molar-refractivity contribution >= 4 is 11.6 Å². The van der Waals surface area contributed by atoms with Gasteiger partial charge in [-0.25, -0.2) is 0 Å². The summed E-state index contributed by atoms with van der Waals surface area (Å²) < 4.78 is 3.80. The number of amides is 1. The highest BCUT2D eigenvalue weighted by Gasteiger charge is 2.09. The predicted octanol–water partition coefficient (Wildman–Crippen LogP) is 4.05. The molecular formula is C23H23N5O. The lowest BCUT2D eigenvalue weighted by atomic mass is 10.1. The first-order chi connectivity index (χ1) is 14.1. The van der Waals surface area contributed by atoms with Crippen LogP contribution in [-0.2, 0) is 13.1 Å². The number of carbonyl (C=O) groups is 1. The highest BCUT2D eigenvalue weighted by molar-refractivity contribution is 6.04. The summed E-state index contributed by atoms with van der Waals surface area (Å²) in [5.74, 6) is -0.128. The lowest BCUT2D eigenvalue weighted by Gasteiger charge is -2.10. The van der Waals surface area contributed by atoms with Crippen molar-refractivity contribution in [2.45, 2.75) is 26.9 Å². The Kier molecular flexibility index (Phi) is 5.24. The van der Waals surface area contributed by atoms with Crippen LogP contribution in [0.3, 0.4) is 0 Å². The molecule has 146 valence electrons. The molecule has 2 aromatic carbocycles. The minimum atomic E-state index is -0.128. The molecule has 0 unspecified atom stereocenters. The number of hydrogen-bond donors (Lipinski definition) is 1. The molecule has 1 amide bonds. The lowest BCUT2D eigenvalue weighted by molar-refractivity contribution is 0.102. The van der Waals surface area contributed by atoms with Gasteiger partial charge in [-0.2, -0.15) is 10.2 Å². The molecule has 0 atom stereocenters. The monoisotopic (exact) mass is 385 g/mol. The minimum absolute atomic E-state index is 0.128. The second-order valence-electron chi connectivity index (χ2n) is 7.14. The Labute approximate surface area is 169 Å². The maximum absolute atomic E-state index is 12.8. The molecule has 0 fully saturated rings. The van der Waals surface area contributed by atoms with Crippen LogP contribution in [0.1, 0.15) is 32.9 Å². The molecule has 6 heteroatoms. The van der Waals surface area contributed by atoms with E-state index in [4.69, 9.17) is 0 Å². The Morgan fingerprint density at radius 2 is 1.76 bits per heavy atom. The minimum Gasteiger partial charge on any atom is -0.322 e. The fraction of sp³-hybridized carbons (Fsp3) is 0.174. The number of benzene rings is 2. The van der Waals surface area contributed by atoms with Crippen LogP contribution in [0.15, 0.2) is 73.1 Å². The zero-order chi connectivity index (χ0) is 20.2. The summed E-state index contributed by atoms with van der Waals surface area (Å²) in [4.78, 5) is 12.8. The van der Waals surface area contributed by atoms with Gasteiger partial charge in [-0.05, 0) is 61.4 Å². The van der Waals surface area contributed by atoms with Gasteiger partial charge >= 0.3 is 0 Å². The van der Waals surface area contributed by atoms with Crippen molar-refractivity contribution in [3.8, 4) is 0 Å². The summed E-state index contributed by atoms with van der Waals surface area (Å²) in [7, 11) is 0. The number of anilines is 1. The third-order valence-corrected chi connectivity index (χ3v) is 4.71. The van der Waals surface area contributed by atoms with Gasteiger partial charge in [-0.3, -0.25) is 14.2 Å². The summed E-state index contributed by atoms with van der Waals surface area (Å²) in [5, 5.41) is 11.7. The Balaban J connectivity index is 1.46. The van der Waals surface area contributed by atoms with Crippen molar-refractivity contribution in [2.75, 3.05) is 5.32 Å². The van der Waals surface area contributed by atoms with E-state index in [1.165, 1.54) is 0 Å². The van der Waals surface area contributed by atoms with Crippen LogP contribution >= 0.6 is 0 Å². The number of nitrogens with one attached hydrogen (secondary N) is 1. The van der Waals surface area contributed by atoms with E-state index in [1.807, 2.05) is 90.1 Å². The van der Waals surface area contributed by atoms with E-state index in [2.05, 4.69) is 15.5 Å². The third kappa shape index (κ3) is 4.60. The highest BCUT2D eigenvalue weighted by atomic mass is 16.1. The van der Waals surface area contributed by atoms with E-state index in [-0.39, 0.29) is 5.91 Å². The highest BCUT2D eigenvalue weighted by Crippen LogP contribution is 2.15. The molecule has 2 aromatic heterocycles. The maximum atomic E-state index is 12.8. The number of aromatic nitrogens is 4. The predicted molar refractivity (Wildman–Crippen MR) is 113 cm³/mol. The van der Waals surface area contributed by atoms with Gasteiger partial charge in [0.05, 0.1) is 18.8 Å². The van der Waals surface area contributed by atoms with Gasteiger partial charge in [0.25, 0.3) is 5.91 Å². The van der Waals surface area contributed by atoms with Crippen LogP contribution in [0, 0.1) is 13.8 Å². The number of hydrogen-bond acceptors (Lipinski definition) is 3. The Morgan fingerprint density at radius 1 is 0.966 bits per heavy atom. The van der Waals surface area contributed by atoms with Gasteiger partial charge in [0.1, 0.15) is 0 Å². The number of rotatable bonds is 6. The van der Waals surface area contributed by atoms with Crippen molar-refractivity contribution in [1.29, 1.82) is 0 Å². The van der Waals surface area contributed by atoms with E-state index < -0.39 is 0 Å². The van der Waals surface area contributed by atoms with Gasteiger partial charge in [-0.1, -0.05) is 24.3 Å². The van der Waals surface area contributed by atoms with Crippen LogP contribution in [0.25, 0.3) is 0 Å². The summed E-state index contributed by atoms with van der Waals surface area (Å²) in [6, 6.07) is 19.4. The molecule has 4 rings (SSSR count). The molecule has 0 radical (unpaired) electrons. The molecular weight excluding hydrogens is 362 g/mol. The zero-order valence-electron chi connectivity index (χ0n) is 16.5. The fourth-order valence-electron chi connectivity index (χ4n) is 3.35. The molecule has 6 nitrogen and oxygen atoms in total. The maximum Gasteiger partial charge on any atom is 0.255 e. The lowest BCUT2D eigenvalue weighted by Crippen LogP contribution is -2.13. The fourth-order valence-corrected chi connectivity index (χ4v) is 3.35. The van der Waals surface area contributed by atoms with Crippen molar-refractivity contribution in [1.82, 2.24) is 19.6 Å². The van der Waals surface area contributed by atoms with Crippen LogP contribution in [0.5, 0.6) is 0 Å². The second kappa shape index (κ2) is 8.14. The number of nitrogens with zero attached hydrogens (tertiary/aromatic N) is 4. The van der Waals surface area contributed by atoms with Crippen LogP contribution in [0.4, 0.5) is 5.69 Å². The van der Waals surface area contributed by atoms with Crippen LogP contribution in [-0.4, -0.2) is 25.5 Å². The van der Waals surface area contributed by atoms with E-state index in [9.17, 15) is 4.79 Å². The Morgan fingerprint density at radius 3 is 2.48 bits per heavy atom. The zero-order valence-corrected chi connectivity index (χ0v) is 16.5. The van der Waals surface area contributed by atoms with Gasteiger partial charge in [0, 0.05) is 29.3 Å². The first-order valence-electron chi connectivity index (χ1n) is 9.54. The van der Waals surface area contributed by atoms with E-state index in [0.29, 0.717) is 18.7 Å². The van der Waals surface area contributed by atoms with E-state index in [1.54, 1.807) is 6.20 Å². The normalized spacial score (nSPS) is 10.8. The summed E-state index contributed by atoms with van der Waals surface area (Å²) in [6.45, 7) is 5.32.